The van der Waals surface area contributed by atoms with Crippen molar-refractivity contribution in [2.45, 2.75) is 34.2 Å². The third-order valence-corrected chi connectivity index (χ3v) is 4.04. The SMILES string of the molecule is CCOC(=O)c1ccc2cc(C(=O)OCC)n(CC(C)(C)CN)c2c1. The van der Waals surface area contributed by atoms with Crippen molar-refractivity contribution in [3.8, 4) is 0 Å². The molecular formula is C19H26N2O4. The summed E-state index contributed by atoms with van der Waals surface area (Å²) in [4.78, 5) is 24.4. The van der Waals surface area contributed by atoms with Crippen molar-refractivity contribution in [2.24, 2.45) is 11.1 Å². The van der Waals surface area contributed by atoms with Crippen LogP contribution in [0.25, 0.3) is 10.9 Å². The summed E-state index contributed by atoms with van der Waals surface area (Å²) in [6, 6.07) is 7.06. The largest absolute Gasteiger partial charge is 0.462 e. The minimum atomic E-state index is -0.385. The molecule has 0 radical (unpaired) electrons. The van der Waals surface area contributed by atoms with E-state index >= 15 is 0 Å². The fourth-order valence-corrected chi connectivity index (χ4v) is 2.63. The Bertz CT molecular complexity index is 777. The third-order valence-electron chi connectivity index (χ3n) is 4.04. The van der Waals surface area contributed by atoms with Gasteiger partial charge in [-0.15, -0.1) is 0 Å². The van der Waals surface area contributed by atoms with E-state index in [9.17, 15) is 9.59 Å². The number of carbonyl (C=O) groups is 2. The van der Waals surface area contributed by atoms with E-state index in [1.807, 2.05) is 24.5 Å². The van der Waals surface area contributed by atoms with Crippen molar-refractivity contribution >= 4 is 22.8 Å². The van der Waals surface area contributed by atoms with Gasteiger partial charge in [0, 0.05) is 17.4 Å². The fraction of sp³-hybridized carbons (Fsp3) is 0.474. The lowest BCUT2D eigenvalue weighted by molar-refractivity contribution is 0.0508. The molecule has 0 saturated heterocycles. The lowest BCUT2D eigenvalue weighted by Gasteiger charge is -2.25. The van der Waals surface area contributed by atoms with Gasteiger partial charge in [0.2, 0.25) is 0 Å². The Labute approximate surface area is 147 Å². The lowest BCUT2D eigenvalue weighted by atomic mass is 9.93. The summed E-state index contributed by atoms with van der Waals surface area (Å²) in [5, 5.41) is 0.865. The highest BCUT2D eigenvalue weighted by Crippen LogP contribution is 2.27. The first kappa shape index (κ1) is 19.0. The second-order valence-corrected chi connectivity index (χ2v) is 6.70. The lowest BCUT2D eigenvalue weighted by Crippen LogP contribution is -2.30. The molecule has 0 atom stereocenters. The van der Waals surface area contributed by atoms with Crippen molar-refractivity contribution in [2.75, 3.05) is 19.8 Å². The zero-order valence-electron chi connectivity index (χ0n) is 15.3. The molecule has 2 N–H and O–H groups in total. The number of hydrogen-bond donors (Lipinski definition) is 1. The van der Waals surface area contributed by atoms with Gasteiger partial charge in [-0.05, 0) is 44.0 Å². The number of ether oxygens (including phenoxy) is 2. The minimum Gasteiger partial charge on any atom is -0.462 e. The van der Waals surface area contributed by atoms with Crippen LogP contribution in [0, 0.1) is 5.41 Å². The third kappa shape index (κ3) is 4.20. The number of aromatic nitrogens is 1. The van der Waals surface area contributed by atoms with Gasteiger partial charge in [0.25, 0.3) is 0 Å². The molecule has 136 valence electrons. The Morgan fingerprint density at radius 3 is 2.32 bits per heavy atom. The summed E-state index contributed by atoms with van der Waals surface area (Å²) in [5.41, 5.74) is 7.35. The van der Waals surface area contributed by atoms with Crippen molar-refractivity contribution in [3.63, 3.8) is 0 Å². The van der Waals surface area contributed by atoms with Crippen molar-refractivity contribution in [3.05, 3.63) is 35.5 Å². The highest BCUT2D eigenvalue weighted by molar-refractivity contribution is 5.99. The average Bonchev–Trinajstić information content (AvgIpc) is 2.92. The molecule has 0 unspecified atom stereocenters. The molecule has 0 spiro atoms. The Kier molecular flexibility index (Phi) is 5.85. The van der Waals surface area contributed by atoms with Crippen LogP contribution in [0.15, 0.2) is 24.3 Å². The van der Waals surface area contributed by atoms with E-state index in [1.54, 1.807) is 32.0 Å². The van der Waals surface area contributed by atoms with Gasteiger partial charge in [-0.25, -0.2) is 9.59 Å². The molecule has 1 aromatic carbocycles. The van der Waals surface area contributed by atoms with Gasteiger partial charge in [-0.3, -0.25) is 0 Å². The Hall–Kier alpha value is -2.34. The number of esters is 2. The highest BCUT2D eigenvalue weighted by Gasteiger charge is 2.24. The fourth-order valence-electron chi connectivity index (χ4n) is 2.63. The van der Waals surface area contributed by atoms with Gasteiger partial charge < -0.3 is 19.8 Å². The number of rotatable bonds is 7. The molecule has 6 nitrogen and oxygen atoms in total. The van der Waals surface area contributed by atoms with Crippen LogP contribution in [0.4, 0.5) is 0 Å². The zero-order valence-corrected chi connectivity index (χ0v) is 15.3. The summed E-state index contributed by atoms with van der Waals surface area (Å²) in [6.07, 6.45) is 0. The summed E-state index contributed by atoms with van der Waals surface area (Å²) in [7, 11) is 0. The molecule has 0 bridgehead atoms. The van der Waals surface area contributed by atoms with Crippen molar-refractivity contribution in [1.29, 1.82) is 0 Å². The minimum absolute atomic E-state index is 0.215. The highest BCUT2D eigenvalue weighted by atomic mass is 16.5. The molecule has 2 aromatic rings. The normalized spacial score (nSPS) is 11.6. The van der Waals surface area contributed by atoms with Gasteiger partial charge in [0.15, 0.2) is 0 Å². The first-order valence-electron chi connectivity index (χ1n) is 8.50. The monoisotopic (exact) mass is 346 g/mol. The molecule has 1 aromatic heterocycles. The van der Waals surface area contributed by atoms with Gasteiger partial charge in [-0.2, -0.15) is 0 Å². The molecule has 0 aliphatic carbocycles. The predicted octanol–water partition coefficient (Wildman–Crippen LogP) is 2.98. The summed E-state index contributed by atoms with van der Waals surface area (Å²) < 4.78 is 12.1. The van der Waals surface area contributed by atoms with Crippen LogP contribution in [0.3, 0.4) is 0 Å². The van der Waals surface area contributed by atoms with E-state index in [0.29, 0.717) is 37.6 Å². The van der Waals surface area contributed by atoms with Crippen molar-refractivity contribution in [1.82, 2.24) is 4.57 Å². The molecule has 25 heavy (non-hydrogen) atoms. The quantitative estimate of drug-likeness (QED) is 0.779. The van der Waals surface area contributed by atoms with Gasteiger partial charge >= 0.3 is 11.9 Å². The number of fused-ring (bicyclic) bond motifs is 1. The molecule has 0 aliphatic heterocycles. The second kappa shape index (κ2) is 7.70. The van der Waals surface area contributed by atoms with E-state index < -0.39 is 0 Å². The number of benzene rings is 1. The topological polar surface area (TPSA) is 83.6 Å². The number of nitrogens with zero attached hydrogens (tertiary/aromatic N) is 1. The van der Waals surface area contributed by atoms with E-state index in [0.717, 1.165) is 10.9 Å². The van der Waals surface area contributed by atoms with E-state index in [2.05, 4.69) is 0 Å². The van der Waals surface area contributed by atoms with Crippen LogP contribution >= 0.6 is 0 Å². The van der Waals surface area contributed by atoms with Crippen LogP contribution in [-0.2, 0) is 16.0 Å². The number of carbonyl (C=O) groups excluding carboxylic acids is 2. The van der Waals surface area contributed by atoms with Crippen LogP contribution in [0.5, 0.6) is 0 Å². The number of nitrogens with two attached hydrogens (primary N) is 1. The van der Waals surface area contributed by atoms with Crippen LogP contribution in [0.2, 0.25) is 0 Å². The van der Waals surface area contributed by atoms with E-state index in [1.165, 1.54) is 0 Å². The molecular weight excluding hydrogens is 320 g/mol. The molecule has 0 saturated carbocycles. The molecule has 1 heterocycles. The Balaban J connectivity index is 2.59. The van der Waals surface area contributed by atoms with Crippen LogP contribution < -0.4 is 5.73 Å². The first-order chi connectivity index (χ1) is 11.8. The maximum atomic E-state index is 12.4. The Morgan fingerprint density at radius 2 is 1.72 bits per heavy atom. The van der Waals surface area contributed by atoms with Crippen LogP contribution in [-0.4, -0.2) is 36.3 Å². The summed E-state index contributed by atoms with van der Waals surface area (Å²) >= 11 is 0. The van der Waals surface area contributed by atoms with E-state index in [4.69, 9.17) is 15.2 Å². The molecule has 6 heteroatoms. The zero-order chi connectivity index (χ0) is 18.6. The molecule has 0 aliphatic rings. The van der Waals surface area contributed by atoms with Gasteiger partial charge in [0.05, 0.1) is 18.8 Å². The molecule has 0 amide bonds. The molecule has 0 fully saturated rings. The average molecular weight is 346 g/mol. The second-order valence-electron chi connectivity index (χ2n) is 6.70. The maximum absolute atomic E-state index is 12.4. The molecule has 2 rings (SSSR count). The first-order valence-corrected chi connectivity index (χ1v) is 8.50. The van der Waals surface area contributed by atoms with Gasteiger partial charge in [-0.1, -0.05) is 19.9 Å². The Morgan fingerprint density at radius 1 is 1.08 bits per heavy atom. The van der Waals surface area contributed by atoms with Crippen molar-refractivity contribution < 1.29 is 19.1 Å². The van der Waals surface area contributed by atoms with Crippen LogP contribution in [0.1, 0.15) is 48.5 Å². The summed E-state index contributed by atoms with van der Waals surface area (Å²) in [5.74, 6) is -0.767. The predicted molar refractivity (Wildman–Crippen MR) is 96.7 cm³/mol. The maximum Gasteiger partial charge on any atom is 0.354 e. The summed E-state index contributed by atoms with van der Waals surface area (Å²) in [6.45, 7) is 9.21. The van der Waals surface area contributed by atoms with E-state index in [-0.39, 0.29) is 17.4 Å². The number of hydrogen-bond acceptors (Lipinski definition) is 5. The smallest absolute Gasteiger partial charge is 0.354 e. The standard InChI is InChI=1S/C19H26N2O4/c1-5-24-17(22)14-8-7-13-9-16(18(23)25-6-2)21(15(13)10-14)12-19(3,4)11-20/h7-10H,5-6,11-12,20H2,1-4H3. The van der Waals surface area contributed by atoms with Gasteiger partial charge in [0.1, 0.15) is 5.69 Å².